The van der Waals surface area contributed by atoms with Gasteiger partial charge < -0.3 is 4.90 Å². The molecule has 0 saturated carbocycles. The Hall–Kier alpha value is -1.00. The Bertz CT molecular complexity index is 449. The minimum atomic E-state index is 0.0109. The maximum Gasteiger partial charge on any atom is 0.239 e. The van der Waals surface area contributed by atoms with Crippen LogP contribution >= 0.6 is 11.8 Å². The van der Waals surface area contributed by atoms with Crippen molar-refractivity contribution < 1.29 is 4.79 Å². The van der Waals surface area contributed by atoms with Crippen LogP contribution in [0, 0.1) is 0 Å². The van der Waals surface area contributed by atoms with Crippen molar-refractivity contribution in [2.24, 2.45) is 0 Å². The molecule has 2 atom stereocenters. The average Bonchev–Trinajstić information content (AvgIpc) is 2.89. The summed E-state index contributed by atoms with van der Waals surface area (Å²) in [7, 11) is 1.88. The summed E-state index contributed by atoms with van der Waals surface area (Å²) in [6, 6.07) is 8.80. The van der Waals surface area contributed by atoms with Crippen molar-refractivity contribution in [1.82, 2.24) is 10.2 Å². The number of carbonyl (C=O) groups excluding carboxylic acids is 1. The molecule has 2 unspecified atom stereocenters. The molecule has 0 aliphatic carbocycles. The fourth-order valence-electron chi connectivity index (χ4n) is 2.52. The Morgan fingerprint density at radius 3 is 2.94 bits per heavy atom. The summed E-state index contributed by atoms with van der Waals surface area (Å²) in [6.07, 6.45) is 0.929. The number of hydrogen-bond donors (Lipinski definition) is 1. The maximum atomic E-state index is 11.9. The number of nitrogens with one attached hydrogen (secondary N) is 1. The van der Waals surface area contributed by atoms with Gasteiger partial charge >= 0.3 is 0 Å². The standard InChI is InChI=1S/C13H16N2OS/c1-15-7-6-10(13(15)16)14-11-8-17-12-5-3-2-4-9(11)12/h2-5,10-11,14H,6-8H2,1H3. The Kier molecular flexibility index (Phi) is 2.84. The molecule has 3 nitrogen and oxygen atoms in total. The van der Waals surface area contributed by atoms with Crippen molar-refractivity contribution in [3.8, 4) is 0 Å². The van der Waals surface area contributed by atoms with Gasteiger partial charge in [-0.3, -0.25) is 10.1 Å². The zero-order chi connectivity index (χ0) is 11.8. The van der Waals surface area contributed by atoms with Crippen molar-refractivity contribution in [3.63, 3.8) is 0 Å². The Morgan fingerprint density at radius 1 is 1.35 bits per heavy atom. The number of nitrogens with zero attached hydrogens (tertiary/aromatic N) is 1. The first-order chi connectivity index (χ1) is 8.25. The number of likely N-dealkylation sites (N-methyl/N-ethyl adjacent to an activating group) is 1. The highest BCUT2D eigenvalue weighted by Crippen LogP contribution is 2.38. The van der Waals surface area contributed by atoms with Crippen LogP contribution in [0.1, 0.15) is 18.0 Å². The van der Waals surface area contributed by atoms with Gasteiger partial charge in [0.05, 0.1) is 6.04 Å². The van der Waals surface area contributed by atoms with E-state index in [1.807, 2.05) is 23.7 Å². The highest BCUT2D eigenvalue weighted by molar-refractivity contribution is 7.99. The molecule has 4 heteroatoms. The number of fused-ring (bicyclic) bond motifs is 1. The minimum absolute atomic E-state index is 0.0109. The number of amides is 1. The van der Waals surface area contributed by atoms with Gasteiger partial charge in [0.2, 0.25) is 5.91 Å². The van der Waals surface area contributed by atoms with Crippen LogP contribution < -0.4 is 5.32 Å². The number of hydrogen-bond acceptors (Lipinski definition) is 3. The lowest BCUT2D eigenvalue weighted by Gasteiger charge is -2.18. The summed E-state index contributed by atoms with van der Waals surface area (Å²) >= 11 is 1.87. The lowest BCUT2D eigenvalue weighted by molar-refractivity contribution is -0.128. The van der Waals surface area contributed by atoms with Crippen LogP contribution in [0.15, 0.2) is 29.2 Å². The summed E-state index contributed by atoms with van der Waals surface area (Å²) in [4.78, 5) is 15.0. The molecule has 17 heavy (non-hydrogen) atoms. The molecule has 1 aromatic rings. The maximum absolute atomic E-state index is 11.9. The summed E-state index contributed by atoms with van der Waals surface area (Å²) in [5.41, 5.74) is 1.35. The number of thioether (sulfide) groups is 1. The Morgan fingerprint density at radius 2 is 2.18 bits per heavy atom. The third-order valence-electron chi connectivity index (χ3n) is 3.53. The number of rotatable bonds is 2. The first-order valence-corrected chi connectivity index (χ1v) is 6.97. The molecule has 3 rings (SSSR count). The first-order valence-electron chi connectivity index (χ1n) is 5.98. The van der Waals surface area contributed by atoms with E-state index in [-0.39, 0.29) is 11.9 Å². The molecule has 0 radical (unpaired) electrons. The highest BCUT2D eigenvalue weighted by Gasteiger charge is 2.33. The quantitative estimate of drug-likeness (QED) is 0.864. The third kappa shape index (κ3) is 1.96. The van der Waals surface area contributed by atoms with E-state index in [9.17, 15) is 4.79 Å². The van der Waals surface area contributed by atoms with Crippen molar-refractivity contribution in [2.45, 2.75) is 23.4 Å². The third-order valence-corrected chi connectivity index (χ3v) is 4.71. The zero-order valence-electron chi connectivity index (χ0n) is 9.85. The molecule has 1 saturated heterocycles. The predicted octanol–water partition coefficient (Wildman–Crippen LogP) is 1.65. The summed E-state index contributed by atoms with van der Waals surface area (Å²) in [5.74, 6) is 1.27. The van der Waals surface area contributed by atoms with Gasteiger partial charge in [-0.1, -0.05) is 18.2 Å². The largest absolute Gasteiger partial charge is 0.344 e. The summed E-state index contributed by atoms with van der Waals surface area (Å²) < 4.78 is 0. The molecule has 1 aromatic carbocycles. The van der Waals surface area contributed by atoms with Crippen molar-refractivity contribution in [1.29, 1.82) is 0 Å². The summed E-state index contributed by atoms with van der Waals surface area (Å²) in [5, 5.41) is 3.50. The second-order valence-electron chi connectivity index (χ2n) is 4.67. The van der Waals surface area contributed by atoms with Crippen LogP contribution in [-0.4, -0.2) is 36.2 Å². The van der Waals surface area contributed by atoms with E-state index in [1.165, 1.54) is 10.5 Å². The molecule has 0 aromatic heterocycles. The molecule has 1 N–H and O–H groups in total. The van der Waals surface area contributed by atoms with E-state index < -0.39 is 0 Å². The van der Waals surface area contributed by atoms with Gasteiger partial charge in [-0.15, -0.1) is 11.8 Å². The predicted molar refractivity (Wildman–Crippen MR) is 69.1 cm³/mol. The van der Waals surface area contributed by atoms with Crippen LogP contribution in [0.3, 0.4) is 0 Å². The Labute approximate surface area is 106 Å². The van der Waals surface area contributed by atoms with Gasteiger partial charge in [-0.05, 0) is 18.1 Å². The van der Waals surface area contributed by atoms with E-state index in [1.54, 1.807) is 0 Å². The molecule has 1 amide bonds. The molecule has 90 valence electrons. The van der Waals surface area contributed by atoms with E-state index in [0.717, 1.165) is 18.7 Å². The van der Waals surface area contributed by atoms with Crippen molar-refractivity contribution in [3.05, 3.63) is 29.8 Å². The molecule has 2 aliphatic rings. The number of benzene rings is 1. The first kappa shape index (κ1) is 11.1. The normalized spacial score (nSPS) is 27.6. The van der Waals surface area contributed by atoms with E-state index in [2.05, 4.69) is 29.6 Å². The Balaban J connectivity index is 1.74. The van der Waals surface area contributed by atoms with Crippen molar-refractivity contribution >= 4 is 17.7 Å². The monoisotopic (exact) mass is 248 g/mol. The number of likely N-dealkylation sites (tertiary alicyclic amines) is 1. The van der Waals surface area contributed by atoms with Gasteiger partial charge in [0.1, 0.15) is 0 Å². The molecular weight excluding hydrogens is 232 g/mol. The van der Waals surface area contributed by atoms with Crippen LogP contribution in [0.25, 0.3) is 0 Å². The molecule has 2 aliphatic heterocycles. The molecular formula is C13H16N2OS. The fraction of sp³-hybridized carbons (Fsp3) is 0.462. The smallest absolute Gasteiger partial charge is 0.239 e. The van der Waals surface area contributed by atoms with E-state index in [0.29, 0.717) is 6.04 Å². The van der Waals surface area contributed by atoms with Crippen LogP contribution in [0.5, 0.6) is 0 Å². The fourth-order valence-corrected chi connectivity index (χ4v) is 3.69. The minimum Gasteiger partial charge on any atom is -0.344 e. The van der Waals surface area contributed by atoms with Crippen LogP contribution in [-0.2, 0) is 4.79 Å². The van der Waals surface area contributed by atoms with Gasteiger partial charge in [-0.2, -0.15) is 0 Å². The average molecular weight is 248 g/mol. The van der Waals surface area contributed by atoms with Crippen molar-refractivity contribution in [2.75, 3.05) is 19.3 Å². The summed E-state index contributed by atoms with van der Waals surface area (Å²) in [6.45, 7) is 0.873. The molecule has 0 bridgehead atoms. The highest BCUT2D eigenvalue weighted by atomic mass is 32.2. The van der Waals surface area contributed by atoms with Gasteiger partial charge in [0.15, 0.2) is 0 Å². The van der Waals surface area contributed by atoms with Gasteiger partial charge in [0.25, 0.3) is 0 Å². The van der Waals surface area contributed by atoms with E-state index >= 15 is 0 Å². The lowest BCUT2D eigenvalue weighted by Crippen LogP contribution is -2.39. The molecule has 2 heterocycles. The topological polar surface area (TPSA) is 32.3 Å². The number of carbonyl (C=O) groups is 1. The van der Waals surface area contributed by atoms with Crippen LogP contribution in [0.2, 0.25) is 0 Å². The molecule has 1 fully saturated rings. The van der Waals surface area contributed by atoms with Gasteiger partial charge in [0, 0.05) is 30.3 Å². The van der Waals surface area contributed by atoms with Crippen LogP contribution in [0.4, 0.5) is 0 Å². The lowest BCUT2D eigenvalue weighted by atomic mass is 10.1. The SMILES string of the molecule is CN1CCC(NC2CSc3ccccc32)C1=O. The second-order valence-corrected chi connectivity index (χ2v) is 5.73. The van der Waals surface area contributed by atoms with Gasteiger partial charge in [-0.25, -0.2) is 0 Å². The molecule has 0 spiro atoms. The van der Waals surface area contributed by atoms with E-state index in [4.69, 9.17) is 0 Å². The second kappa shape index (κ2) is 4.35. The zero-order valence-corrected chi connectivity index (χ0v) is 10.7.